The van der Waals surface area contributed by atoms with Gasteiger partial charge in [0, 0.05) is 20.1 Å². The molecule has 2 aromatic rings. The molecule has 7 heteroatoms. The molecule has 0 bridgehead atoms. The van der Waals surface area contributed by atoms with Crippen molar-refractivity contribution < 1.29 is 17.9 Å². The van der Waals surface area contributed by atoms with E-state index in [2.05, 4.69) is 5.32 Å². The van der Waals surface area contributed by atoms with Crippen LogP contribution < -0.4 is 5.32 Å². The monoisotopic (exact) mass is 338 g/mol. The summed E-state index contributed by atoms with van der Waals surface area (Å²) in [7, 11) is -2.16. The van der Waals surface area contributed by atoms with Crippen LogP contribution in [0.5, 0.6) is 0 Å². The van der Waals surface area contributed by atoms with Gasteiger partial charge in [-0.25, -0.2) is 8.42 Å². The molecule has 0 aliphatic heterocycles. The third kappa shape index (κ3) is 4.20. The number of aliphatic hydroxyl groups excluding tert-OH is 1. The molecule has 6 nitrogen and oxygen atoms in total. The zero-order valence-electron chi connectivity index (χ0n) is 13.3. The van der Waals surface area contributed by atoms with E-state index in [1.807, 2.05) is 19.1 Å². The zero-order valence-corrected chi connectivity index (χ0v) is 14.1. The lowest BCUT2D eigenvalue weighted by Gasteiger charge is -2.19. The largest absolute Gasteiger partial charge is 0.468 e. The maximum absolute atomic E-state index is 12.6. The molecule has 0 aliphatic carbocycles. The topological polar surface area (TPSA) is 82.8 Å². The highest BCUT2D eigenvalue weighted by Crippen LogP contribution is 2.20. The molecule has 0 saturated carbocycles. The van der Waals surface area contributed by atoms with Gasteiger partial charge in [-0.2, -0.15) is 4.31 Å². The van der Waals surface area contributed by atoms with Gasteiger partial charge < -0.3 is 14.8 Å². The number of nitrogens with zero attached hydrogens (tertiary/aromatic N) is 1. The SMILES string of the molecule is CC(NCc1ccccc1S(=O)(=O)N(C)CCO)c1ccco1. The molecular formula is C16H22N2O4S. The molecule has 0 saturated heterocycles. The molecule has 0 radical (unpaired) electrons. The average molecular weight is 338 g/mol. The lowest BCUT2D eigenvalue weighted by Crippen LogP contribution is -2.31. The van der Waals surface area contributed by atoms with Gasteiger partial charge in [0.1, 0.15) is 5.76 Å². The van der Waals surface area contributed by atoms with Gasteiger partial charge in [0.25, 0.3) is 0 Å². The second-order valence-electron chi connectivity index (χ2n) is 5.28. The Morgan fingerprint density at radius 3 is 2.65 bits per heavy atom. The predicted molar refractivity (Wildman–Crippen MR) is 87.3 cm³/mol. The van der Waals surface area contributed by atoms with Gasteiger partial charge in [-0.15, -0.1) is 0 Å². The Bertz CT molecular complexity index is 713. The Balaban J connectivity index is 2.17. The van der Waals surface area contributed by atoms with E-state index in [1.165, 1.54) is 7.05 Å². The normalized spacial score (nSPS) is 13.4. The van der Waals surface area contributed by atoms with E-state index in [9.17, 15) is 8.42 Å². The van der Waals surface area contributed by atoms with Gasteiger partial charge in [0.2, 0.25) is 10.0 Å². The van der Waals surface area contributed by atoms with Crippen LogP contribution in [-0.2, 0) is 16.6 Å². The number of hydrogen-bond acceptors (Lipinski definition) is 5. The third-order valence-electron chi connectivity index (χ3n) is 3.64. The molecule has 2 rings (SSSR count). The van der Waals surface area contributed by atoms with Crippen LogP contribution in [0.1, 0.15) is 24.3 Å². The molecule has 1 unspecified atom stereocenters. The fourth-order valence-electron chi connectivity index (χ4n) is 2.23. The number of nitrogens with one attached hydrogen (secondary N) is 1. The Labute approximate surface area is 136 Å². The standard InChI is InChI=1S/C16H22N2O4S/c1-13(15-7-5-11-22-15)17-12-14-6-3-4-8-16(14)23(20,21)18(2)9-10-19/h3-8,11,13,17,19H,9-10,12H2,1-2H3. The first-order valence-electron chi connectivity index (χ1n) is 7.38. The van der Waals surface area contributed by atoms with E-state index < -0.39 is 10.0 Å². The number of benzene rings is 1. The summed E-state index contributed by atoms with van der Waals surface area (Å²) in [5.41, 5.74) is 0.677. The number of likely N-dealkylation sites (N-methyl/N-ethyl adjacent to an activating group) is 1. The Kier molecular flexibility index (Phi) is 5.95. The first-order chi connectivity index (χ1) is 11.0. The molecule has 1 atom stereocenters. The van der Waals surface area contributed by atoms with Crippen molar-refractivity contribution in [1.29, 1.82) is 0 Å². The first kappa shape index (κ1) is 17.7. The van der Waals surface area contributed by atoms with Crippen LogP contribution in [0.4, 0.5) is 0 Å². The van der Waals surface area contributed by atoms with Gasteiger partial charge in [0.05, 0.1) is 23.8 Å². The maximum atomic E-state index is 12.6. The minimum atomic E-state index is -3.62. The summed E-state index contributed by atoms with van der Waals surface area (Å²) in [6.45, 7) is 2.19. The van der Waals surface area contributed by atoms with Crippen molar-refractivity contribution in [3.63, 3.8) is 0 Å². The molecule has 0 aliphatic rings. The molecule has 0 amide bonds. The second kappa shape index (κ2) is 7.74. The van der Waals surface area contributed by atoms with E-state index in [0.29, 0.717) is 12.1 Å². The van der Waals surface area contributed by atoms with Gasteiger partial charge in [-0.05, 0) is 30.7 Å². The molecule has 0 spiro atoms. The van der Waals surface area contributed by atoms with Crippen molar-refractivity contribution in [1.82, 2.24) is 9.62 Å². The Morgan fingerprint density at radius 2 is 2.00 bits per heavy atom. The van der Waals surface area contributed by atoms with Gasteiger partial charge in [0.15, 0.2) is 0 Å². The van der Waals surface area contributed by atoms with Crippen LogP contribution in [0.15, 0.2) is 52.0 Å². The molecule has 23 heavy (non-hydrogen) atoms. The number of rotatable bonds is 8. The summed E-state index contributed by atoms with van der Waals surface area (Å²) < 4.78 is 31.7. The fourth-order valence-corrected chi connectivity index (χ4v) is 3.61. The Hall–Kier alpha value is -1.67. The molecule has 1 heterocycles. The maximum Gasteiger partial charge on any atom is 0.243 e. The quantitative estimate of drug-likeness (QED) is 0.766. The van der Waals surface area contributed by atoms with E-state index in [0.717, 1.165) is 10.1 Å². The molecule has 0 fully saturated rings. The lowest BCUT2D eigenvalue weighted by molar-refractivity contribution is 0.266. The van der Waals surface area contributed by atoms with E-state index in [4.69, 9.17) is 9.52 Å². The number of furan rings is 1. The minimum Gasteiger partial charge on any atom is -0.468 e. The fraction of sp³-hybridized carbons (Fsp3) is 0.375. The summed E-state index contributed by atoms with van der Waals surface area (Å²) in [6, 6.07) is 10.5. The van der Waals surface area contributed by atoms with Crippen molar-refractivity contribution in [3.05, 3.63) is 54.0 Å². The van der Waals surface area contributed by atoms with E-state index >= 15 is 0 Å². The van der Waals surface area contributed by atoms with Crippen LogP contribution in [0.3, 0.4) is 0 Å². The summed E-state index contributed by atoms with van der Waals surface area (Å²) >= 11 is 0. The highest BCUT2D eigenvalue weighted by molar-refractivity contribution is 7.89. The third-order valence-corrected chi connectivity index (χ3v) is 5.60. The minimum absolute atomic E-state index is 0.0315. The molecule has 1 aromatic carbocycles. The average Bonchev–Trinajstić information content (AvgIpc) is 3.07. The summed E-state index contributed by atoms with van der Waals surface area (Å²) in [4.78, 5) is 0.245. The summed E-state index contributed by atoms with van der Waals surface area (Å²) in [6.07, 6.45) is 1.61. The van der Waals surface area contributed by atoms with Crippen molar-refractivity contribution in [2.24, 2.45) is 0 Å². The van der Waals surface area contributed by atoms with Crippen LogP contribution >= 0.6 is 0 Å². The van der Waals surface area contributed by atoms with Gasteiger partial charge in [-0.3, -0.25) is 0 Å². The molecular weight excluding hydrogens is 316 g/mol. The predicted octanol–water partition coefficient (Wildman–Crippen LogP) is 1.74. The molecule has 2 N–H and O–H groups in total. The number of aliphatic hydroxyl groups is 1. The van der Waals surface area contributed by atoms with Crippen LogP contribution in [-0.4, -0.2) is 38.0 Å². The van der Waals surface area contributed by atoms with Crippen LogP contribution in [0.2, 0.25) is 0 Å². The number of sulfonamides is 1. The highest BCUT2D eigenvalue weighted by Gasteiger charge is 2.23. The second-order valence-corrected chi connectivity index (χ2v) is 7.29. The van der Waals surface area contributed by atoms with Crippen LogP contribution in [0, 0.1) is 0 Å². The smallest absolute Gasteiger partial charge is 0.243 e. The van der Waals surface area contributed by atoms with Crippen molar-refractivity contribution >= 4 is 10.0 Å². The molecule has 1 aromatic heterocycles. The zero-order chi connectivity index (χ0) is 16.9. The van der Waals surface area contributed by atoms with Gasteiger partial charge in [-0.1, -0.05) is 18.2 Å². The highest BCUT2D eigenvalue weighted by atomic mass is 32.2. The number of hydrogen-bond donors (Lipinski definition) is 2. The Morgan fingerprint density at radius 1 is 1.26 bits per heavy atom. The summed E-state index contributed by atoms with van der Waals surface area (Å²) in [5, 5.41) is 12.2. The summed E-state index contributed by atoms with van der Waals surface area (Å²) in [5.74, 6) is 0.794. The van der Waals surface area contributed by atoms with Gasteiger partial charge >= 0.3 is 0 Å². The van der Waals surface area contributed by atoms with E-state index in [-0.39, 0.29) is 24.1 Å². The lowest BCUT2D eigenvalue weighted by atomic mass is 10.2. The van der Waals surface area contributed by atoms with Crippen molar-refractivity contribution in [2.45, 2.75) is 24.4 Å². The first-order valence-corrected chi connectivity index (χ1v) is 8.82. The van der Waals surface area contributed by atoms with Crippen molar-refractivity contribution in [2.75, 3.05) is 20.2 Å². The van der Waals surface area contributed by atoms with Crippen molar-refractivity contribution in [3.8, 4) is 0 Å². The van der Waals surface area contributed by atoms with Crippen LogP contribution in [0.25, 0.3) is 0 Å². The van der Waals surface area contributed by atoms with E-state index in [1.54, 1.807) is 30.5 Å². The molecule has 126 valence electrons.